The Morgan fingerprint density at radius 2 is 2.20 bits per heavy atom. The smallest absolute Gasteiger partial charge is 0.312 e. The van der Waals surface area contributed by atoms with Crippen LogP contribution in [0.4, 0.5) is 19.6 Å². The van der Waals surface area contributed by atoms with Crippen molar-refractivity contribution < 1.29 is 18.7 Å². The summed E-state index contributed by atoms with van der Waals surface area (Å²) in [6, 6.07) is 3.47. The molecule has 0 spiro atoms. The molecule has 1 aromatic carbocycles. The molecule has 1 unspecified atom stereocenters. The normalized spacial score (nSPS) is 17.0. The van der Waals surface area contributed by atoms with E-state index >= 15 is 0 Å². The van der Waals surface area contributed by atoms with Gasteiger partial charge in [0.2, 0.25) is 0 Å². The summed E-state index contributed by atoms with van der Waals surface area (Å²) in [5, 5.41) is 12.4. The van der Waals surface area contributed by atoms with Gasteiger partial charge in [-0.2, -0.15) is 0 Å². The van der Waals surface area contributed by atoms with Crippen LogP contribution < -0.4 is 5.32 Å². The molecular formula is C13H10F2N2O2S. The van der Waals surface area contributed by atoms with E-state index in [1.165, 1.54) is 17.4 Å². The van der Waals surface area contributed by atoms with Crippen LogP contribution in [0, 0.1) is 11.6 Å². The van der Waals surface area contributed by atoms with Crippen LogP contribution in [0.1, 0.15) is 22.9 Å². The van der Waals surface area contributed by atoms with E-state index in [9.17, 15) is 13.6 Å². The summed E-state index contributed by atoms with van der Waals surface area (Å²) in [4.78, 5) is 16.3. The van der Waals surface area contributed by atoms with Crippen LogP contribution in [0.5, 0.6) is 0 Å². The van der Waals surface area contributed by atoms with Gasteiger partial charge >= 0.3 is 5.97 Å². The number of aromatic nitrogens is 1. The van der Waals surface area contributed by atoms with E-state index in [0.29, 0.717) is 29.4 Å². The average Bonchev–Trinajstić information content (AvgIpc) is 2.93. The second-order valence-electron chi connectivity index (χ2n) is 4.51. The number of carboxylic acid groups (broad SMARTS) is 1. The van der Waals surface area contributed by atoms with Crippen molar-refractivity contribution in [3.8, 4) is 0 Å². The maximum atomic E-state index is 13.1. The van der Waals surface area contributed by atoms with E-state index in [2.05, 4.69) is 10.3 Å². The predicted octanol–water partition coefficient (Wildman–Crippen LogP) is 3.28. The van der Waals surface area contributed by atoms with Crippen molar-refractivity contribution in [1.82, 2.24) is 4.98 Å². The first kappa shape index (κ1) is 13.0. The second kappa shape index (κ2) is 4.82. The van der Waals surface area contributed by atoms with Crippen LogP contribution in [0.3, 0.4) is 0 Å². The van der Waals surface area contributed by atoms with Crippen LogP contribution in [-0.4, -0.2) is 16.1 Å². The molecule has 1 aliphatic carbocycles. The standard InChI is InChI=1S/C13H10F2N2O2S/c14-8-3-1-6(5-9(8)15)16-13-17-11-7(12(18)19)2-4-10(11)20-13/h1,3,5,7H,2,4H2,(H,16,17)(H,18,19). The Labute approximate surface area is 117 Å². The predicted molar refractivity (Wildman–Crippen MR) is 70.5 cm³/mol. The Balaban J connectivity index is 1.84. The fraction of sp³-hybridized carbons (Fsp3) is 0.231. The third kappa shape index (κ3) is 2.24. The molecule has 0 aliphatic heterocycles. The number of nitrogens with zero attached hydrogens (tertiary/aromatic N) is 1. The Hall–Kier alpha value is -2.02. The molecule has 104 valence electrons. The molecule has 7 heteroatoms. The zero-order valence-corrected chi connectivity index (χ0v) is 11.0. The Kier molecular flexibility index (Phi) is 3.13. The Bertz CT molecular complexity index is 687. The highest BCUT2D eigenvalue weighted by molar-refractivity contribution is 7.15. The zero-order chi connectivity index (χ0) is 14.3. The number of fused-ring (bicyclic) bond motifs is 1. The minimum Gasteiger partial charge on any atom is -0.481 e. The molecule has 20 heavy (non-hydrogen) atoms. The molecule has 1 atom stereocenters. The summed E-state index contributed by atoms with van der Waals surface area (Å²) < 4.78 is 25.9. The molecule has 0 saturated heterocycles. The van der Waals surface area contributed by atoms with Crippen LogP contribution in [0.2, 0.25) is 0 Å². The van der Waals surface area contributed by atoms with Crippen LogP contribution >= 0.6 is 11.3 Å². The lowest BCUT2D eigenvalue weighted by Gasteiger charge is -2.04. The van der Waals surface area contributed by atoms with E-state index in [-0.39, 0.29) is 0 Å². The lowest BCUT2D eigenvalue weighted by molar-refractivity contribution is -0.138. The van der Waals surface area contributed by atoms with Gasteiger partial charge in [-0.05, 0) is 25.0 Å². The monoisotopic (exact) mass is 296 g/mol. The molecular weight excluding hydrogens is 286 g/mol. The van der Waals surface area contributed by atoms with Gasteiger partial charge in [0.05, 0.1) is 5.69 Å². The van der Waals surface area contributed by atoms with Crippen LogP contribution in [0.25, 0.3) is 0 Å². The Morgan fingerprint density at radius 1 is 1.40 bits per heavy atom. The number of aliphatic carboxylic acids is 1. The maximum Gasteiger partial charge on any atom is 0.312 e. The van der Waals surface area contributed by atoms with Gasteiger partial charge in [-0.15, -0.1) is 11.3 Å². The molecule has 2 aromatic rings. The fourth-order valence-electron chi connectivity index (χ4n) is 2.22. The fourth-order valence-corrected chi connectivity index (χ4v) is 3.28. The quantitative estimate of drug-likeness (QED) is 0.912. The number of carbonyl (C=O) groups is 1. The summed E-state index contributed by atoms with van der Waals surface area (Å²) in [6.45, 7) is 0. The highest BCUT2D eigenvalue weighted by atomic mass is 32.1. The third-order valence-corrected chi connectivity index (χ3v) is 4.23. The molecule has 0 radical (unpaired) electrons. The number of hydrogen-bond acceptors (Lipinski definition) is 4. The molecule has 4 nitrogen and oxygen atoms in total. The third-order valence-electron chi connectivity index (χ3n) is 3.19. The molecule has 0 amide bonds. The van der Waals surface area contributed by atoms with Crippen LogP contribution in [-0.2, 0) is 11.2 Å². The molecule has 3 rings (SSSR count). The summed E-state index contributed by atoms with van der Waals surface area (Å²) >= 11 is 1.35. The number of carboxylic acids is 1. The number of halogens is 2. The van der Waals surface area contributed by atoms with E-state index in [1.807, 2.05) is 0 Å². The van der Waals surface area contributed by atoms with Gasteiger partial charge in [-0.1, -0.05) is 0 Å². The number of rotatable bonds is 3. The highest BCUT2D eigenvalue weighted by Crippen LogP contribution is 2.39. The first-order chi connectivity index (χ1) is 9.54. The molecule has 0 bridgehead atoms. The minimum absolute atomic E-state index is 0.378. The van der Waals surface area contributed by atoms with Crippen molar-refractivity contribution in [2.75, 3.05) is 5.32 Å². The van der Waals surface area contributed by atoms with E-state index in [4.69, 9.17) is 5.11 Å². The number of nitrogens with one attached hydrogen (secondary N) is 1. The van der Waals surface area contributed by atoms with Crippen molar-refractivity contribution in [2.45, 2.75) is 18.8 Å². The van der Waals surface area contributed by atoms with Gasteiger partial charge in [0, 0.05) is 16.6 Å². The first-order valence-electron chi connectivity index (χ1n) is 5.99. The van der Waals surface area contributed by atoms with Gasteiger partial charge in [0.15, 0.2) is 16.8 Å². The van der Waals surface area contributed by atoms with Gasteiger partial charge in [0.1, 0.15) is 5.92 Å². The number of hydrogen-bond donors (Lipinski definition) is 2. The lowest BCUT2D eigenvalue weighted by Crippen LogP contribution is -2.08. The maximum absolute atomic E-state index is 13.1. The second-order valence-corrected chi connectivity index (χ2v) is 5.59. The van der Waals surface area contributed by atoms with Crippen molar-refractivity contribution in [1.29, 1.82) is 0 Å². The number of thiazole rings is 1. The van der Waals surface area contributed by atoms with E-state index < -0.39 is 23.5 Å². The molecule has 0 saturated carbocycles. The van der Waals surface area contributed by atoms with Crippen molar-refractivity contribution in [3.63, 3.8) is 0 Å². The largest absolute Gasteiger partial charge is 0.481 e. The summed E-state index contributed by atoms with van der Waals surface area (Å²) in [5.41, 5.74) is 0.954. The van der Waals surface area contributed by atoms with E-state index in [0.717, 1.165) is 17.0 Å². The molecule has 1 aromatic heterocycles. The van der Waals surface area contributed by atoms with E-state index in [1.54, 1.807) is 0 Å². The SMILES string of the molecule is O=C(O)C1CCc2sc(Nc3ccc(F)c(F)c3)nc21. The average molecular weight is 296 g/mol. The number of aryl methyl sites for hydroxylation is 1. The molecule has 1 heterocycles. The van der Waals surface area contributed by atoms with Crippen molar-refractivity contribution in [3.05, 3.63) is 40.4 Å². The van der Waals surface area contributed by atoms with Gasteiger partial charge in [-0.3, -0.25) is 4.79 Å². The van der Waals surface area contributed by atoms with Crippen LogP contribution in [0.15, 0.2) is 18.2 Å². The van der Waals surface area contributed by atoms with Gasteiger partial charge in [0.25, 0.3) is 0 Å². The summed E-state index contributed by atoms with van der Waals surface area (Å²) in [5.74, 6) is -3.30. The number of benzene rings is 1. The molecule has 1 aliphatic rings. The Morgan fingerprint density at radius 3 is 2.90 bits per heavy atom. The van der Waals surface area contributed by atoms with Crippen molar-refractivity contribution >= 4 is 28.1 Å². The molecule has 0 fully saturated rings. The minimum atomic E-state index is -0.942. The van der Waals surface area contributed by atoms with Gasteiger partial charge in [-0.25, -0.2) is 13.8 Å². The summed E-state index contributed by atoms with van der Waals surface area (Å²) in [7, 11) is 0. The highest BCUT2D eigenvalue weighted by Gasteiger charge is 2.32. The van der Waals surface area contributed by atoms with Gasteiger partial charge < -0.3 is 10.4 Å². The lowest BCUT2D eigenvalue weighted by atomic mass is 10.1. The number of anilines is 2. The van der Waals surface area contributed by atoms with Crippen molar-refractivity contribution in [2.24, 2.45) is 0 Å². The first-order valence-corrected chi connectivity index (χ1v) is 6.80. The zero-order valence-electron chi connectivity index (χ0n) is 10.2. The topological polar surface area (TPSA) is 62.2 Å². The molecule has 2 N–H and O–H groups in total. The summed E-state index contributed by atoms with van der Waals surface area (Å²) in [6.07, 6.45) is 1.25.